The van der Waals surface area contributed by atoms with Crippen LogP contribution >= 0.6 is 0 Å². The minimum atomic E-state index is -0.474. The molecule has 0 spiro atoms. The molecule has 1 aliphatic rings. The summed E-state index contributed by atoms with van der Waals surface area (Å²) in [4.78, 5) is 23.8. The molecule has 4 N–H and O–H groups in total. The van der Waals surface area contributed by atoms with Crippen LogP contribution in [0, 0.1) is 11.7 Å². The number of carbonyl (C=O) groups is 2. The van der Waals surface area contributed by atoms with Gasteiger partial charge in [0, 0.05) is 19.4 Å². The first-order valence-electron chi connectivity index (χ1n) is 8.68. The summed E-state index contributed by atoms with van der Waals surface area (Å²) in [7, 11) is 0. The predicted molar refractivity (Wildman–Crippen MR) is 93.1 cm³/mol. The highest BCUT2D eigenvalue weighted by atomic mass is 19.1. The van der Waals surface area contributed by atoms with E-state index in [1.54, 1.807) is 0 Å². The third-order valence-corrected chi connectivity index (χ3v) is 4.41. The van der Waals surface area contributed by atoms with E-state index < -0.39 is 5.82 Å². The minimum Gasteiger partial charge on any atom is -0.330 e. The smallest absolute Gasteiger partial charge is 0.225 e. The molecule has 0 bridgehead atoms. The van der Waals surface area contributed by atoms with Crippen LogP contribution in [0.5, 0.6) is 0 Å². The molecule has 0 saturated heterocycles. The number of anilines is 2. The van der Waals surface area contributed by atoms with Crippen molar-refractivity contribution in [3.05, 3.63) is 24.0 Å². The lowest BCUT2D eigenvalue weighted by Gasteiger charge is -2.21. The van der Waals surface area contributed by atoms with E-state index in [0.717, 1.165) is 6.42 Å². The van der Waals surface area contributed by atoms with Gasteiger partial charge in [0.05, 0.1) is 11.4 Å². The van der Waals surface area contributed by atoms with Crippen molar-refractivity contribution in [2.24, 2.45) is 11.7 Å². The lowest BCUT2D eigenvalue weighted by atomic mass is 9.86. The fourth-order valence-corrected chi connectivity index (χ4v) is 3.10. The standard InChI is InChI=1S/C18H26FN3O2/c19-14-7-8-15(16(12-14)22-18(24)10-11-20)21-17(23)9-6-13-4-2-1-3-5-13/h7-8,12-13H,1-6,9-11,20H2,(H,21,23)(H,22,24). The SMILES string of the molecule is NCCC(=O)Nc1cc(F)ccc1NC(=O)CCC1CCCCC1. The Labute approximate surface area is 142 Å². The summed E-state index contributed by atoms with van der Waals surface area (Å²) in [6.45, 7) is 0.213. The fraction of sp³-hybridized carbons (Fsp3) is 0.556. The van der Waals surface area contributed by atoms with E-state index in [-0.39, 0.29) is 30.5 Å². The van der Waals surface area contributed by atoms with E-state index in [2.05, 4.69) is 10.6 Å². The van der Waals surface area contributed by atoms with Crippen molar-refractivity contribution >= 4 is 23.2 Å². The number of nitrogens with one attached hydrogen (secondary N) is 2. The van der Waals surface area contributed by atoms with Crippen LogP contribution in [0.25, 0.3) is 0 Å². The van der Waals surface area contributed by atoms with Gasteiger partial charge in [0.2, 0.25) is 11.8 Å². The highest BCUT2D eigenvalue weighted by Gasteiger charge is 2.16. The molecular formula is C18H26FN3O2. The van der Waals surface area contributed by atoms with Crippen LogP contribution in [0.4, 0.5) is 15.8 Å². The van der Waals surface area contributed by atoms with E-state index >= 15 is 0 Å². The molecule has 1 fully saturated rings. The summed E-state index contributed by atoms with van der Waals surface area (Å²) in [5, 5.41) is 5.36. The second-order valence-electron chi connectivity index (χ2n) is 6.37. The fourth-order valence-electron chi connectivity index (χ4n) is 3.10. The van der Waals surface area contributed by atoms with Gasteiger partial charge in [0.1, 0.15) is 5.82 Å². The maximum absolute atomic E-state index is 13.4. The van der Waals surface area contributed by atoms with Crippen molar-refractivity contribution in [1.29, 1.82) is 0 Å². The van der Waals surface area contributed by atoms with E-state index in [9.17, 15) is 14.0 Å². The van der Waals surface area contributed by atoms with Crippen LogP contribution < -0.4 is 16.4 Å². The Morgan fingerprint density at radius 1 is 1.04 bits per heavy atom. The van der Waals surface area contributed by atoms with Gasteiger partial charge in [-0.1, -0.05) is 32.1 Å². The highest BCUT2D eigenvalue weighted by molar-refractivity contribution is 5.99. The molecule has 2 rings (SSSR count). The summed E-state index contributed by atoms with van der Waals surface area (Å²) in [6, 6.07) is 3.92. The van der Waals surface area contributed by atoms with Gasteiger partial charge >= 0.3 is 0 Å². The molecule has 6 heteroatoms. The molecular weight excluding hydrogens is 309 g/mol. The van der Waals surface area contributed by atoms with Crippen LogP contribution in [0.2, 0.25) is 0 Å². The molecule has 0 aromatic heterocycles. The van der Waals surface area contributed by atoms with Crippen molar-refractivity contribution in [2.75, 3.05) is 17.2 Å². The molecule has 2 amide bonds. The van der Waals surface area contributed by atoms with E-state index in [0.29, 0.717) is 18.0 Å². The zero-order chi connectivity index (χ0) is 17.4. The Kier molecular flexibility index (Phi) is 7.18. The Morgan fingerprint density at radius 3 is 2.42 bits per heavy atom. The summed E-state index contributed by atoms with van der Waals surface area (Å²) in [5.41, 5.74) is 6.01. The van der Waals surface area contributed by atoms with Gasteiger partial charge in [-0.05, 0) is 30.5 Å². The first kappa shape index (κ1) is 18.4. The summed E-state index contributed by atoms with van der Waals surface area (Å²) in [6.07, 6.45) is 7.66. The number of benzene rings is 1. The van der Waals surface area contributed by atoms with Gasteiger partial charge in [-0.15, -0.1) is 0 Å². The van der Waals surface area contributed by atoms with Crippen LogP contribution in [0.3, 0.4) is 0 Å². The topological polar surface area (TPSA) is 84.2 Å². The summed E-state index contributed by atoms with van der Waals surface area (Å²) < 4.78 is 13.4. The van der Waals surface area contributed by atoms with E-state index in [4.69, 9.17) is 5.73 Å². The van der Waals surface area contributed by atoms with Crippen molar-refractivity contribution in [3.8, 4) is 0 Å². The lowest BCUT2D eigenvalue weighted by molar-refractivity contribution is -0.117. The van der Waals surface area contributed by atoms with Gasteiger partial charge in [-0.2, -0.15) is 0 Å². The van der Waals surface area contributed by atoms with E-state index in [1.807, 2.05) is 0 Å². The molecule has 1 aromatic carbocycles. The van der Waals surface area contributed by atoms with Crippen LogP contribution in [0.1, 0.15) is 51.4 Å². The number of hydrogen-bond acceptors (Lipinski definition) is 3. The molecule has 0 atom stereocenters. The average molecular weight is 335 g/mol. The number of carbonyl (C=O) groups excluding carboxylic acids is 2. The normalized spacial score (nSPS) is 15.1. The highest BCUT2D eigenvalue weighted by Crippen LogP contribution is 2.28. The molecule has 0 unspecified atom stereocenters. The number of halogens is 1. The van der Waals surface area contributed by atoms with Gasteiger partial charge in [0.15, 0.2) is 0 Å². The molecule has 0 radical (unpaired) electrons. The Morgan fingerprint density at radius 2 is 1.71 bits per heavy atom. The van der Waals surface area contributed by atoms with Crippen LogP contribution in [-0.4, -0.2) is 18.4 Å². The zero-order valence-electron chi connectivity index (χ0n) is 13.9. The number of hydrogen-bond donors (Lipinski definition) is 3. The molecule has 132 valence electrons. The number of rotatable bonds is 7. The monoisotopic (exact) mass is 335 g/mol. The Balaban J connectivity index is 1.92. The zero-order valence-corrected chi connectivity index (χ0v) is 13.9. The van der Waals surface area contributed by atoms with Gasteiger partial charge in [-0.25, -0.2) is 4.39 Å². The van der Waals surface area contributed by atoms with Gasteiger partial charge in [-0.3, -0.25) is 9.59 Å². The predicted octanol–water partition coefficient (Wildman–Crippen LogP) is 3.41. The second-order valence-corrected chi connectivity index (χ2v) is 6.37. The molecule has 0 aliphatic heterocycles. The summed E-state index contributed by atoms with van der Waals surface area (Å²) >= 11 is 0. The first-order valence-corrected chi connectivity index (χ1v) is 8.68. The van der Waals surface area contributed by atoms with Crippen molar-refractivity contribution in [2.45, 2.75) is 51.4 Å². The maximum atomic E-state index is 13.4. The quantitative estimate of drug-likeness (QED) is 0.714. The Bertz CT molecular complexity index is 571. The molecule has 5 nitrogen and oxygen atoms in total. The number of nitrogens with two attached hydrogens (primary N) is 1. The van der Waals surface area contributed by atoms with Crippen molar-refractivity contribution in [3.63, 3.8) is 0 Å². The third-order valence-electron chi connectivity index (χ3n) is 4.41. The molecule has 1 aromatic rings. The van der Waals surface area contributed by atoms with Crippen LogP contribution in [-0.2, 0) is 9.59 Å². The van der Waals surface area contributed by atoms with E-state index in [1.165, 1.54) is 50.3 Å². The average Bonchev–Trinajstić information content (AvgIpc) is 2.56. The van der Waals surface area contributed by atoms with Crippen molar-refractivity contribution in [1.82, 2.24) is 0 Å². The number of amides is 2. The van der Waals surface area contributed by atoms with Gasteiger partial charge in [0.25, 0.3) is 0 Å². The van der Waals surface area contributed by atoms with Crippen LogP contribution in [0.15, 0.2) is 18.2 Å². The van der Waals surface area contributed by atoms with Gasteiger partial charge < -0.3 is 16.4 Å². The maximum Gasteiger partial charge on any atom is 0.225 e. The third kappa shape index (κ3) is 5.92. The first-order chi connectivity index (χ1) is 11.6. The molecule has 1 aliphatic carbocycles. The van der Waals surface area contributed by atoms with Crippen molar-refractivity contribution < 1.29 is 14.0 Å². The minimum absolute atomic E-state index is 0.110. The summed E-state index contributed by atoms with van der Waals surface area (Å²) in [5.74, 6) is -0.262. The Hall–Kier alpha value is -1.95. The largest absolute Gasteiger partial charge is 0.330 e. The molecule has 24 heavy (non-hydrogen) atoms. The lowest BCUT2D eigenvalue weighted by Crippen LogP contribution is -2.19. The molecule has 1 saturated carbocycles. The second kappa shape index (κ2) is 9.37. The molecule has 0 heterocycles.